The molecule has 0 fully saturated rings. The Labute approximate surface area is 174 Å². The minimum Gasteiger partial charge on any atom is -0.461 e. The second kappa shape index (κ2) is 7.46. The molecule has 3 aromatic heterocycles. The van der Waals surface area contributed by atoms with Crippen LogP contribution < -0.4 is 5.56 Å². The number of para-hydroxylation sites is 1. The van der Waals surface area contributed by atoms with E-state index in [1.54, 1.807) is 12.3 Å². The van der Waals surface area contributed by atoms with Gasteiger partial charge in [0.15, 0.2) is 11.6 Å². The Morgan fingerprint density at radius 2 is 1.97 bits per heavy atom. The summed E-state index contributed by atoms with van der Waals surface area (Å²) in [7, 11) is 0. The zero-order valence-corrected chi connectivity index (χ0v) is 17.2. The van der Waals surface area contributed by atoms with E-state index in [4.69, 9.17) is 4.42 Å². The molecule has 0 amide bonds. The summed E-state index contributed by atoms with van der Waals surface area (Å²) in [6, 6.07) is 16.3. The number of H-pyrrole nitrogens is 1. The highest BCUT2D eigenvalue weighted by molar-refractivity contribution is 5.47. The summed E-state index contributed by atoms with van der Waals surface area (Å²) < 4.78 is 7.67. The monoisotopic (exact) mass is 400 g/mol. The molecule has 1 aromatic carbocycles. The van der Waals surface area contributed by atoms with Crippen LogP contribution in [0.15, 0.2) is 64.0 Å². The Balaban J connectivity index is 1.40. The minimum atomic E-state index is -0.0779. The summed E-state index contributed by atoms with van der Waals surface area (Å²) in [5.41, 5.74) is 6.47. The normalized spacial score (nSPS) is 14.1. The lowest BCUT2D eigenvalue weighted by Crippen LogP contribution is -2.35. The lowest BCUT2D eigenvalue weighted by Gasteiger charge is -2.27. The minimum absolute atomic E-state index is 0.0779. The number of aromatic nitrogens is 3. The predicted molar refractivity (Wildman–Crippen MR) is 116 cm³/mol. The molecule has 4 heterocycles. The number of hydrogen-bond donors (Lipinski definition) is 1. The fourth-order valence-corrected chi connectivity index (χ4v) is 4.35. The van der Waals surface area contributed by atoms with Gasteiger partial charge >= 0.3 is 0 Å². The fourth-order valence-electron chi connectivity index (χ4n) is 4.35. The average molecular weight is 400 g/mol. The van der Waals surface area contributed by atoms with E-state index in [1.807, 2.05) is 12.1 Å². The number of rotatable bonds is 4. The van der Waals surface area contributed by atoms with Crippen molar-refractivity contribution >= 4 is 0 Å². The van der Waals surface area contributed by atoms with Crippen LogP contribution in [-0.2, 0) is 19.5 Å². The van der Waals surface area contributed by atoms with E-state index in [0.717, 1.165) is 30.8 Å². The zero-order chi connectivity index (χ0) is 20.7. The smallest absolute Gasteiger partial charge is 0.256 e. The summed E-state index contributed by atoms with van der Waals surface area (Å²) in [6.07, 6.45) is 2.34. The lowest BCUT2D eigenvalue weighted by molar-refractivity contribution is 0.241. The number of nitrogens with one attached hydrogen (secondary N) is 1. The van der Waals surface area contributed by atoms with E-state index in [2.05, 4.69) is 63.6 Å². The van der Waals surface area contributed by atoms with Gasteiger partial charge in [-0.25, -0.2) is 4.98 Å². The SMILES string of the molecule is Cc1cc(CN2CCc3nc(-c4ccco4)[nH]c(=O)c3C2)c(C)n1-c1ccccc1. The van der Waals surface area contributed by atoms with Gasteiger partial charge in [-0.05, 0) is 49.7 Å². The van der Waals surface area contributed by atoms with Crippen LogP contribution in [0.2, 0.25) is 0 Å². The second-order valence-corrected chi connectivity index (χ2v) is 7.85. The molecule has 0 aliphatic carbocycles. The number of aromatic amines is 1. The summed E-state index contributed by atoms with van der Waals surface area (Å²) >= 11 is 0. The van der Waals surface area contributed by atoms with E-state index in [0.29, 0.717) is 18.1 Å². The molecule has 5 rings (SSSR count). The van der Waals surface area contributed by atoms with E-state index >= 15 is 0 Å². The first-order valence-electron chi connectivity index (χ1n) is 10.2. The fraction of sp³-hybridized carbons (Fsp3) is 0.250. The molecule has 6 heteroatoms. The van der Waals surface area contributed by atoms with Crippen LogP contribution in [0.25, 0.3) is 17.3 Å². The number of nitrogens with zero attached hydrogens (tertiary/aromatic N) is 3. The Hall–Kier alpha value is -3.38. The first-order chi connectivity index (χ1) is 14.6. The van der Waals surface area contributed by atoms with Crippen molar-refractivity contribution in [2.75, 3.05) is 6.54 Å². The number of hydrogen-bond acceptors (Lipinski definition) is 4. The molecule has 152 valence electrons. The first-order valence-corrected chi connectivity index (χ1v) is 10.2. The third-order valence-corrected chi connectivity index (χ3v) is 5.85. The average Bonchev–Trinajstić information content (AvgIpc) is 3.38. The molecular weight excluding hydrogens is 376 g/mol. The van der Waals surface area contributed by atoms with Gasteiger partial charge in [0.1, 0.15) is 0 Å². The number of aryl methyl sites for hydroxylation is 1. The van der Waals surface area contributed by atoms with Crippen molar-refractivity contribution in [3.63, 3.8) is 0 Å². The molecule has 0 atom stereocenters. The summed E-state index contributed by atoms with van der Waals surface area (Å²) in [4.78, 5) is 22.6. The van der Waals surface area contributed by atoms with Crippen LogP contribution >= 0.6 is 0 Å². The molecule has 4 aromatic rings. The van der Waals surface area contributed by atoms with Crippen LogP contribution in [0, 0.1) is 13.8 Å². The van der Waals surface area contributed by atoms with Gasteiger partial charge in [0.05, 0.1) is 17.5 Å². The third-order valence-electron chi connectivity index (χ3n) is 5.85. The molecule has 6 nitrogen and oxygen atoms in total. The van der Waals surface area contributed by atoms with Crippen molar-refractivity contribution in [3.05, 3.63) is 93.4 Å². The topological polar surface area (TPSA) is 67.1 Å². The van der Waals surface area contributed by atoms with Gasteiger partial charge in [0.2, 0.25) is 0 Å². The second-order valence-electron chi connectivity index (χ2n) is 7.85. The summed E-state index contributed by atoms with van der Waals surface area (Å²) in [6.45, 7) is 6.59. The highest BCUT2D eigenvalue weighted by atomic mass is 16.3. The molecule has 30 heavy (non-hydrogen) atoms. The van der Waals surface area contributed by atoms with E-state index in [9.17, 15) is 4.79 Å². The van der Waals surface area contributed by atoms with Crippen LogP contribution in [0.3, 0.4) is 0 Å². The summed E-state index contributed by atoms with van der Waals surface area (Å²) in [5.74, 6) is 1.09. The molecule has 0 radical (unpaired) electrons. The maximum absolute atomic E-state index is 12.7. The molecular formula is C24H24N4O2. The molecule has 0 saturated carbocycles. The number of benzene rings is 1. The molecule has 1 aliphatic heterocycles. The number of furan rings is 1. The Morgan fingerprint density at radius 1 is 1.13 bits per heavy atom. The van der Waals surface area contributed by atoms with Crippen molar-refractivity contribution in [1.82, 2.24) is 19.4 Å². The first kappa shape index (κ1) is 18.6. The highest BCUT2D eigenvalue weighted by Gasteiger charge is 2.23. The van der Waals surface area contributed by atoms with E-state index in [1.165, 1.54) is 22.6 Å². The van der Waals surface area contributed by atoms with Gasteiger partial charge in [0.25, 0.3) is 5.56 Å². The largest absolute Gasteiger partial charge is 0.461 e. The molecule has 1 aliphatic rings. The van der Waals surface area contributed by atoms with Crippen LogP contribution in [-0.4, -0.2) is 26.0 Å². The maximum atomic E-state index is 12.7. The van der Waals surface area contributed by atoms with Crippen LogP contribution in [0.5, 0.6) is 0 Å². The summed E-state index contributed by atoms with van der Waals surface area (Å²) in [5, 5.41) is 0. The van der Waals surface area contributed by atoms with Crippen molar-refractivity contribution in [3.8, 4) is 17.3 Å². The lowest BCUT2D eigenvalue weighted by atomic mass is 10.1. The number of fused-ring (bicyclic) bond motifs is 1. The van der Waals surface area contributed by atoms with Crippen molar-refractivity contribution in [2.45, 2.75) is 33.4 Å². The van der Waals surface area contributed by atoms with E-state index < -0.39 is 0 Å². The van der Waals surface area contributed by atoms with Crippen LogP contribution in [0.4, 0.5) is 0 Å². The van der Waals surface area contributed by atoms with Gasteiger partial charge < -0.3 is 14.0 Å². The molecule has 0 spiro atoms. The highest BCUT2D eigenvalue weighted by Crippen LogP contribution is 2.24. The van der Waals surface area contributed by atoms with Gasteiger partial charge in [0, 0.05) is 43.1 Å². The van der Waals surface area contributed by atoms with Gasteiger partial charge in [-0.15, -0.1) is 0 Å². The Kier molecular flexibility index (Phi) is 4.64. The Bertz CT molecular complexity index is 1240. The van der Waals surface area contributed by atoms with Crippen molar-refractivity contribution in [1.29, 1.82) is 0 Å². The molecule has 1 N–H and O–H groups in total. The van der Waals surface area contributed by atoms with Crippen molar-refractivity contribution in [2.24, 2.45) is 0 Å². The quantitative estimate of drug-likeness (QED) is 0.562. The van der Waals surface area contributed by atoms with Gasteiger partial charge in [-0.1, -0.05) is 18.2 Å². The molecule has 0 saturated heterocycles. The Morgan fingerprint density at radius 3 is 2.73 bits per heavy atom. The van der Waals surface area contributed by atoms with Gasteiger partial charge in [-0.3, -0.25) is 9.69 Å². The molecule has 0 bridgehead atoms. The predicted octanol–water partition coefficient (Wildman–Crippen LogP) is 4.00. The maximum Gasteiger partial charge on any atom is 0.256 e. The standard InChI is InChI=1S/C24H24N4O2/c1-16-13-18(17(2)28(16)19-7-4-3-5-8-19)14-27-11-10-21-20(15-27)24(29)26-23(25-21)22-9-6-12-30-22/h3-9,12-13H,10-11,14-15H2,1-2H3,(H,25,26,29). The van der Waals surface area contributed by atoms with Crippen molar-refractivity contribution < 1.29 is 4.42 Å². The van der Waals surface area contributed by atoms with E-state index in [-0.39, 0.29) is 5.56 Å². The van der Waals surface area contributed by atoms with Gasteiger partial charge in [-0.2, -0.15) is 0 Å². The third kappa shape index (κ3) is 3.29. The van der Waals surface area contributed by atoms with Crippen LogP contribution in [0.1, 0.15) is 28.2 Å². The molecule has 0 unspecified atom stereocenters. The zero-order valence-electron chi connectivity index (χ0n) is 17.2.